The Kier molecular flexibility index (Phi) is 4.12. The van der Waals surface area contributed by atoms with Gasteiger partial charge in [0, 0.05) is 17.5 Å². The lowest BCUT2D eigenvalue weighted by atomic mass is 10.1. The maximum Gasteiger partial charge on any atom is 0.332 e. The molecule has 1 heterocycles. The van der Waals surface area contributed by atoms with Crippen molar-refractivity contribution in [2.24, 2.45) is 5.16 Å². The van der Waals surface area contributed by atoms with Crippen molar-refractivity contribution in [3.63, 3.8) is 0 Å². The summed E-state index contributed by atoms with van der Waals surface area (Å²) in [5.74, 6) is -0.886. The van der Waals surface area contributed by atoms with Gasteiger partial charge < -0.3 is 9.74 Å². The van der Waals surface area contributed by atoms with Crippen molar-refractivity contribution in [2.75, 3.05) is 4.90 Å². The smallest absolute Gasteiger partial charge is 0.318 e. The van der Waals surface area contributed by atoms with E-state index in [1.165, 1.54) is 6.92 Å². The fourth-order valence-electron chi connectivity index (χ4n) is 2.43. The zero-order chi connectivity index (χ0) is 16.4. The van der Waals surface area contributed by atoms with Gasteiger partial charge in [-0.1, -0.05) is 47.1 Å². The van der Waals surface area contributed by atoms with E-state index in [-0.39, 0.29) is 11.6 Å². The number of amides is 1. The number of para-hydroxylation sites is 1. The molecular formula is C17H13ClN2O3. The number of carbonyl (C=O) groups is 2. The highest BCUT2D eigenvalue weighted by molar-refractivity contribution is 6.54. The van der Waals surface area contributed by atoms with Gasteiger partial charge in [-0.05, 0) is 23.8 Å². The number of anilines is 1. The molecule has 23 heavy (non-hydrogen) atoms. The molecule has 0 aromatic heterocycles. The molecule has 0 radical (unpaired) electrons. The van der Waals surface area contributed by atoms with Crippen molar-refractivity contribution in [3.05, 3.63) is 64.7 Å². The van der Waals surface area contributed by atoms with Crippen LogP contribution in [-0.4, -0.2) is 17.6 Å². The normalized spacial score (nSPS) is 15.0. The zero-order valence-corrected chi connectivity index (χ0v) is 13.1. The topological polar surface area (TPSA) is 59.0 Å². The monoisotopic (exact) mass is 328 g/mol. The van der Waals surface area contributed by atoms with Crippen LogP contribution in [0, 0.1) is 0 Å². The van der Waals surface area contributed by atoms with E-state index in [9.17, 15) is 9.59 Å². The number of hydrogen-bond donors (Lipinski definition) is 0. The molecule has 6 heteroatoms. The number of hydrogen-bond acceptors (Lipinski definition) is 4. The number of carbonyl (C=O) groups excluding carboxylic acids is 2. The van der Waals surface area contributed by atoms with Gasteiger partial charge in [-0.2, -0.15) is 0 Å². The average molecular weight is 329 g/mol. The molecule has 0 aliphatic carbocycles. The Labute approximate surface area is 138 Å². The van der Waals surface area contributed by atoms with E-state index in [1.54, 1.807) is 29.2 Å². The van der Waals surface area contributed by atoms with Crippen molar-refractivity contribution in [2.45, 2.75) is 13.5 Å². The molecule has 0 bridgehead atoms. The Morgan fingerprint density at radius 2 is 2.00 bits per heavy atom. The number of benzene rings is 2. The minimum absolute atomic E-state index is 0.123. The molecule has 0 unspecified atom stereocenters. The lowest BCUT2D eigenvalue weighted by Crippen LogP contribution is -2.29. The average Bonchev–Trinajstić information content (AvgIpc) is 2.78. The van der Waals surface area contributed by atoms with Crippen molar-refractivity contribution in [1.29, 1.82) is 0 Å². The van der Waals surface area contributed by atoms with Gasteiger partial charge in [0.15, 0.2) is 5.71 Å². The predicted molar refractivity (Wildman–Crippen MR) is 87.4 cm³/mol. The Morgan fingerprint density at radius 1 is 1.22 bits per heavy atom. The molecule has 1 amide bonds. The van der Waals surface area contributed by atoms with Crippen LogP contribution in [0.2, 0.25) is 5.02 Å². The van der Waals surface area contributed by atoms with E-state index in [1.807, 2.05) is 24.3 Å². The van der Waals surface area contributed by atoms with Crippen molar-refractivity contribution < 1.29 is 14.4 Å². The first-order valence-corrected chi connectivity index (χ1v) is 7.35. The summed E-state index contributed by atoms with van der Waals surface area (Å²) < 4.78 is 0. The Hall–Kier alpha value is -2.66. The largest absolute Gasteiger partial charge is 0.332 e. The molecule has 2 aromatic rings. The maximum absolute atomic E-state index is 12.6. The van der Waals surface area contributed by atoms with Gasteiger partial charge in [0.2, 0.25) is 0 Å². The van der Waals surface area contributed by atoms with E-state index in [0.29, 0.717) is 17.1 Å². The highest BCUT2D eigenvalue weighted by Crippen LogP contribution is 2.31. The third-order valence-electron chi connectivity index (χ3n) is 3.39. The van der Waals surface area contributed by atoms with Gasteiger partial charge in [-0.3, -0.25) is 4.79 Å². The molecule has 5 nitrogen and oxygen atoms in total. The standard InChI is InChI=1S/C17H13ClN2O3/c1-11(21)23-19-16-14-7-2-3-8-15(14)20(17(16)22)10-12-5-4-6-13(18)9-12/h2-9H,10H2,1H3. The summed E-state index contributed by atoms with van der Waals surface area (Å²) >= 11 is 6.00. The predicted octanol–water partition coefficient (Wildman–Crippen LogP) is 3.15. The molecule has 0 N–H and O–H groups in total. The Bertz CT molecular complexity index is 817. The molecule has 0 saturated heterocycles. The molecule has 116 valence electrons. The molecular weight excluding hydrogens is 316 g/mol. The Morgan fingerprint density at radius 3 is 2.74 bits per heavy atom. The van der Waals surface area contributed by atoms with Crippen LogP contribution in [0.5, 0.6) is 0 Å². The highest BCUT2D eigenvalue weighted by Gasteiger charge is 2.34. The van der Waals surface area contributed by atoms with Crippen LogP contribution in [0.1, 0.15) is 18.1 Å². The number of fused-ring (bicyclic) bond motifs is 1. The minimum Gasteiger partial charge on any atom is -0.318 e. The number of rotatable bonds is 3. The molecule has 0 fully saturated rings. The first kappa shape index (κ1) is 15.2. The third kappa shape index (κ3) is 3.10. The van der Waals surface area contributed by atoms with Gasteiger partial charge in [-0.15, -0.1) is 0 Å². The van der Waals surface area contributed by atoms with Gasteiger partial charge >= 0.3 is 5.97 Å². The second-order valence-electron chi connectivity index (χ2n) is 5.06. The molecule has 2 aromatic carbocycles. The van der Waals surface area contributed by atoms with Crippen LogP contribution in [0.25, 0.3) is 0 Å². The molecule has 1 aliphatic rings. The summed E-state index contributed by atoms with van der Waals surface area (Å²) in [5, 5.41) is 4.31. The van der Waals surface area contributed by atoms with E-state index in [2.05, 4.69) is 9.99 Å². The van der Waals surface area contributed by atoms with E-state index in [4.69, 9.17) is 11.6 Å². The van der Waals surface area contributed by atoms with Crippen LogP contribution in [0.3, 0.4) is 0 Å². The van der Waals surface area contributed by atoms with Crippen molar-refractivity contribution in [3.8, 4) is 0 Å². The lowest BCUT2D eigenvalue weighted by Gasteiger charge is -2.16. The second kappa shape index (κ2) is 6.22. The molecule has 1 aliphatic heterocycles. The number of halogens is 1. The van der Waals surface area contributed by atoms with Crippen LogP contribution in [0.15, 0.2) is 53.7 Å². The molecule has 0 saturated carbocycles. The lowest BCUT2D eigenvalue weighted by molar-refractivity contribution is -0.140. The quantitative estimate of drug-likeness (QED) is 0.642. The van der Waals surface area contributed by atoms with Crippen molar-refractivity contribution in [1.82, 2.24) is 0 Å². The summed E-state index contributed by atoms with van der Waals surface area (Å²) in [7, 11) is 0. The number of oxime groups is 1. The third-order valence-corrected chi connectivity index (χ3v) is 3.63. The number of nitrogens with zero attached hydrogens (tertiary/aromatic N) is 2. The fraction of sp³-hybridized carbons (Fsp3) is 0.118. The van der Waals surface area contributed by atoms with Gasteiger partial charge in [0.25, 0.3) is 5.91 Å². The maximum atomic E-state index is 12.6. The second-order valence-corrected chi connectivity index (χ2v) is 5.50. The van der Waals surface area contributed by atoms with Crippen LogP contribution >= 0.6 is 11.6 Å². The molecule has 3 rings (SSSR count). The summed E-state index contributed by atoms with van der Waals surface area (Å²) in [6.45, 7) is 1.59. The fourth-order valence-corrected chi connectivity index (χ4v) is 2.65. The SMILES string of the molecule is CC(=O)ON=C1C(=O)N(Cc2cccc(Cl)c2)c2ccccc21. The van der Waals surface area contributed by atoms with E-state index < -0.39 is 5.97 Å². The van der Waals surface area contributed by atoms with Crippen LogP contribution in [-0.2, 0) is 21.0 Å². The Balaban J connectivity index is 1.97. The first-order chi connectivity index (χ1) is 11.1. The van der Waals surface area contributed by atoms with Crippen LogP contribution in [0.4, 0.5) is 5.69 Å². The van der Waals surface area contributed by atoms with E-state index >= 15 is 0 Å². The zero-order valence-electron chi connectivity index (χ0n) is 12.3. The van der Waals surface area contributed by atoms with Crippen LogP contribution < -0.4 is 4.90 Å². The summed E-state index contributed by atoms with van der Waals surface area (Å²) in [5.41, 5.74) is 2.39. The molecule has 0 atom stereocenters. The summed E-state index contributed by atoms with van der Waals surface area (Å²) in [4.78, 5) is 29.8. The van der Waals surface area contributed by atoms with Gasteiger partial charge in [0.05, 0.1) is 12.2 Å². The summed E-state index contributed by atoms with van der Waals surface area (Å²) in [6, 6.07) is 14.5. The molecule has 0 spiro atoms. The first-order valence-electron chi connectivity index (χ1n) is 6.97. The van der Waals surface area contributed by atoms with Gasteiger partial charge in [0.1, 0.15) is 0 Å². The van der Waals surface area contributed by atoms with Crippen molar-refractivity contribution >= 4 is 34.9 Å². The highest BCUT2D eigenvalue weighted by atomic mass is 35.5. The minimum atomic E-state index is -0.573. The van der Waals surface area contributed by atoms with Gasteiger partial charge in [-0.25, -0.2) is 4.79 Å². The van der Waals surface area contributed by atoms with E-state index in [0.717, 1.165) is 11.3 Å². The summed E-state index contributed by atoms with van der Waals surface area (Å²) in [6.07, 6.45) is 0.